The van der Waals surface area contributed by atoms with E-state index in [9.17, 15) is 4.79 Å². The van der Waals surface area contributed by atoms with E-state index in [0.717, 1.165) is 30.3 Å². The number of hydrogen-bond donors (Lipinski definition) is 0. The van der Waals surface area contributed by atoms with Crippen molar-refractivity contribution in [2.45, 2.75) is 58.4 Å². The summed E-state index contributed by atoms with van der Waals surface area (Å²) in [6.45, 7) is 4.79. The Morgan fingerprint density at radius 1 is 1.38 bits per heavy atom. The van der Waals surface area contributed by atoms with E-state index in [4.69, 9.17) is 8.94 Å². The van der Waals surface area contributed by atoms with E-state index < -0.39 is 0 Å². The lowest BCUT2D eigenvalue weighted by Crippen LogP contribution is -2.26. The highest BCUT2D eigenvalue weighted by atomic mass is 16.5. The van der Waals surface area contributed by atoms with Gasteiger partial charge in [0.15, 0.2) is 5.82 Å². The van der Waals surface area contributed by atoms with Crippen molar-refractivity contribution >= 4 is 5.91 Å². The molecule has 1 aliphatic carbocycles. The summed E-state index contributed by atoms with van der Waals surface area (Å²) in [5, 5.41) is 3.90. The van der Waals surface area contributed by atoms with E-state index in [0.29, 0.717) is 37.0 Å². The number of rotatable bonds is 8. The summed E-state index contributed by atoms with van der Waals surface area (Å²) in [4.78, 5) is 18.2. The summed E-state index contributed by atoms with van der Waals surface area (Å²) >= 11 is 0. The van der Waals surface area contributed by atoms with Gasteiger partial charge in [-0.05, 0) is 30.9 Å². The predicted molar refractivity (Wildman–Crippen MR) is 88.3 cm³/mol. The molecule has 2 heterocycles. The molecule has 0 spiro atoms. The molecule has 2 aromatic rings. The van der Waals surface area contributed by atoms with E-state index in [1.165, 1.54) is 6.42 Å². The molecule has 1 saturated carbocycles. The standard InChI is InChI=1S/C18H25N3O3/c1-4-5-16-19-17(24-20-16)8-9-18(22)21(3)11-13-6-7-15(23-13)14-10-12(14)2/h6-7,12,14H,4-5,8-11H2,1-3H3/t12-,14+/m1/s1. The van der Waals surface area contributed by atoms with Crippen LogP contribution in [0.5, 0.6) is 0 Å². The molecule has 0 unspecified atom stereocenters. The van der Waals surface area contributed by atoms with Crippen LogP contribution in [0.4, 0.5) is 0 Å². The molecule has 1 aliphatic rings. The Bertz CT molecular complexity index is 691. The summed E-state index contributed by atoms with van der Waals surface area (Å²) in [5.41, 5.74) is 0. The second kappa shape index (κ2) is 7.20. The van der Waals surface area contributed by atoms with Crippen LogP contribution in [-0.2, 0) is 24.2 Å². The van der Waals surface area contributed by atoms with Gasteiger partial charge in [0.05, 0.1) is 6.54 Å². The number of aromatic nitrogens is 2. The van der Waals surface area contributed by atoms with Gasteiger partial charge in [-0.2, -0.15) is 4.98 Å². The van der Waals surface area contributed by atoms with Gasteiger partial charge in [0.2, 0.25) is 11.8 Å². The van der Waals surface area contributed by atoms with Crippen molar-refractivity contribution in [2.75, 3.05) is 7.05 Å². The molecule has 2 aromatic heterocycles. The van der Waals surface area contributed by atoms with Crippen LogP contribution < -0.4 is 0 Å². The van der Waals surface area contributed by atoms with Crippen molar-refractivity contribution in [1.29, 1.82) is 0 Å². The molecule has 0 aromatic carbocycles. The zero-order valence-electron chi connectivity index (χ0n) is 14.6. The minimum atomic E-state index is 0.0444. The number of aryl methyl sites for hydroxylation is 2. The van der Waals surface area contributed by atoms with E-state index in [2.05, 4.69) is 24.0 Å². The quantitative estimate of drug-likeness (QED) is 0.742. The van der Waals surface area contributed by atoms with Crippen LogP contribution in [0.1, 0.15) is 62.3 Å². The third-order valence-electron chi connectivity index (χ3n) is 4.51. The minimum absolute atomic E-state index is 0.0444. The highest BCUT2D eigenvalue weighted by molar-refractivity contribution is 5.75. The van der Waals surface area contributed by atoms with Crippen LogP contribution in [-0.4, -0.2) is 28.0 Å². The number of amides is 1. The topological polar surface area (TPSA) is 72.4 Å². The summed E-state index contributed by atoms with van der Waals surface area (Å²) in [6, 6.07) is 4.01. The van der Waals surface area contributed by atoms with E-state index >= 15 is 0 Å². The van der Waals surface area contributed by atoms with Gasteiger partial charge in [0, 0.05) is 32.2 Å². The van der Waals surface area contributed by atoms with Crippen LogP contribution in [0.2, 0.25) is 0 Å². The van der Waals surface area contributed by atoms with Gasteiger partial charge >= 0.3 is 0 Å². The zero-order chi connectivity index (χ0) is 17.1. The highest BCUT2D eigenvalue weighted by Crippen LogP contribution is 2.47. The number of carbonyl (C=O) groups excluding carboxylic acids is 1. The number of furan rings is 1. The van der Waals surface area contributed by atoms with Crippen molar-refractivity contribution in [2.24, 2.45) is 5.92 Å². The van der Waals surface area contributed by atoms with Crippen LogP contribution in [0.25, 0.3) is 0 Å². The molecule has 130 valence electrons. The molecule has 6 nitrogen and oxygen atoms in total. The maximum absolute atomic E-state index is 12.3. The summed E-state index contributed by atoms with van der Waals surface area (Å²) in [7, 11) is 1.79. The average molecular weight is 331 g/mol. The molecule has 0 N–H and O–H groups in total. The smallest absolute Gasteiger partial charge is 0.227 e. The number of hydrogen-bond acceptors (Lipinski definition) is 5. The Balaban J connectivity index is 1.46. The molecular formula is C18H25N3O3. The Hall–Kier alpha value is -2.11. The Labute approximate surface area is 142 Å². The lowest BCUT2D eigenvalue weighted by Gasteiger charge is -2.15. The molecule has 0 aliphatic heterocycles. The van der Waals surface area contributed by atoms with Crippen LogP contribution in [0, 0.1) is 5.92 Å². The molecule has 1 amide bonds. The van der Waals surface area contributed by atoms with Gasteiger partial charge in [-0.15, -0.1) is 0 Å². The third kappa shape index (κ3) is 4.04. The van der Waals surface area contributed by atoms with Gasteiger partial charge in [-0.1, -0.05) is 19.0 Å². The fraction of sp³-hybridized carbons (Fsp3) is 0.611. The second-order valence-electron chi connectivity index (χ2n) is 6.73. The first kappa shape index (κ1) is 16.7. The van der Waals surface area contributed by atoms with E-state index in [-0.39, 0.29) is 5.91 Å². The molecule has 1 fully saturated rings. The lowest BCUT2D eigenvalue weighted by atomic mass is 10.2. The van der Waals surface area contributed by atoms with Crippen molar-refractivity contribution in [1.82, 2.24) is 15.0 Å². The van der Waals surface area contributed by atoms with Crippen LogP contribution in [0.3, 0.4) is 0 Å². The highest BCUT2D eigenvalue weighted by Gasteiger charge is 2.36. The van der Waals surface area contributed by atoms with Crippen LogP contribution >= 0.6 is 0 Å². The predicted octanol–water partition coefficient (Wildman–Crippen LogP) is 3.33. The summed E-state index contributed by atoms with van der Waals surface area (Å²) in [6.07, 6.45) is 3.81. The van der Waals surface area contributed by atoms with Crippen molar-refractivity contribution < 1.29 is 13.7 Å². The molecule has 0 saturated heterocycles. The normalized spacial score (nSPS) is 19.5. The maximum atomic E-state index is 12.3. The Kier molecular flexibility index (Phi) is 5.02. The number of carbonyl (C=O) groups is 1. The van der Waals surface area contributed by atoms with Gasteiger partial charge in [-0.25, -0.2) is 0 Å². The van der Waals surface area contributed by atoms with Gasteiger partial charge in [0.1, 0.15) is 11.5 Å². The first-order valence-corrected chi connectivity index (χ1v) is 8.70. The fourth-order valence-corrected chi connectivity index (χ4v) is 2.84. The molecule has 0 bridgehead atoms. The maximum Gasteiger partial charge on any atom is 0.227 e. The SMILES string of the molecule is CCCc1noc(CCC(=O)N(C)Cc2ccc([C@H]3C[C@H]3C)o2)n1. The summed E-state index contributed by atoms with van der Waals surface area (Å²) < 4.78 is 11.0. The fourth-order valence-electron chi connectivity index (χ4n) is 2.84. The van der Waals surface area contributed by atoms with Crippen molar-refractivity contribution in [3.05, 3.63) is 35.4 Å². The van der Waals surface area contributed by atoms with Gasteiger partial charge in [-0.3, -0.25) is 4.79 Å². The Morgan fingerprint density at radius 2 is 2.17 bits per heavy atom. The number of nitrogens with zero attached hydrogens (tertiary/aromatic N) is 3. The minimum Gasteiger partial charge on any atom is -0.464 e. The second-order valence-corrected chi connectivity index (χ2v) is 6.73. The van der Waals surface area contributed by atoms with Crippen molar-refractivity contribution in [3.63, 3.8) is 0 Å². The average Bonchev–Trinajstić information content (AvgIpc) is 2.96. The Morgan fingerprint density at radius 3 is 2.88 bits per heavy atom. The van der Waals surface area contributed by atoms with Crippen molar-refractivity contribution in [3.8, 4) is 0 Å². The lowest BCUT2D eigenvalue weighted by molar-refractivity contribution is -0.130. The monoisotopic (exact) mass is 331 g/mol. The third-order valence-corrected chi connectivity index (χ3v) is 4.51. The zero-order valence-corrected chi connectivity index (χ0v) is 14.6. The molecule has 2 atom stereocenters. The molecule has 3 rings (SSSR count). The van der Waals surface area contributed by atoms with E-state index in [1.54, 1.807) is 11.9 Å². The van der Waals surface area contributed by atoms with Crippen LogP contribution in [0.15, 0.2) is 21.1 Å². The first-order valence-electron chi connectivity index (χ1n) is 8.70. The van der Waals surface area contributed by atoms with Gasteiger partial charge < -0.3 is 13.8 Å². The largest absolute Gasteiger partial charge is 0.464 e. The molecule has 0 radical (unpaired) electrons. The van der Waals surface area contributed by atoms with E-state index in [1.807, 2.05) is 12.1 Å². The molecule has 24 heavy (non-hydrogen) atoms. The summed E-state index contributed by atoms with van der Waals surface area (Å²) in [5.74, 6) is 4.46. The molecular weight excluding hydrogens is 306 g/mol. The first-order chi connectivity index (χ1) is 11.6. The molecule has 6 heteroatoms. The van der Waals surface area contributed by atoms with Gasteiger partial charge in [0.25, 0.3) is 0 Å².